The first-order chi connectivity index (χ1) is 7.18. The van der Waals surface area contributed by atoms with E-state index < -0.39 is 4.92 Å². The summed E-state index contributed by atoms with van der Waals surface area (Å²) in [6.45, 7) is 1.45. The number of allylic oxidation sites excluding steroid dienone is 1. The molecule has 0 radical (unpaired) electrons. The van der Waals surface area contributed by atoms with Gasteiger partial charge in [-0.25, -0.2) is 0 Å². The predicted molar refractivity (Wildman–Crippen MR) is 56.7 cm³/mol. The van der Waals surface area contributed by atoms with Crippen molar-refractivity contribution in [1.82, 2.24) is 10.2 Å². The molecular formula is C10H9N3O2. The van der Waals surface area contributed by atoms with Crippen molar-refractivity contribution in [1.29, 1.82) is 0 Å². The molecule has 76 valence electrons. The Kier molecular flexibility index (Phi) is 2.21. The average Bonchev–Trinajstić information content (AvgIpc) is 2.62. The van der Waals surface area contributed by atoms with E-state index in [0.717, 1.165) is 10.9 Å². The minimum atomic E-state index is -0.421. The lowest BCUT2D eigenvalue weighted by Gasteiger charge is -1.90. The number of nitrogens with zero attached hydrogens (tertiary/aromatic N) is 2. The molecule has 1 heterocycles. The molecule has 2 rings (SSSR count). The van der Waals surface area contributed by atoms with Crippen LogP contribution < -0.4 is 0 Å². The van der Waals surface area contributed by atoms with Crippen LogP contribution in [-0.4, -0.2) is 15.1 Å². The number of aromatic nitrogens is 2. The highest BCUT2D eigenvalue weighted by Gasteiger charge is 2.06. The fourth-order valence-corrected chi connectivity index (χ4v) is 1.35. The van der Waals surface area contributed by atoms with E-state index in [-0.39, 0.29) is 5.70 Å². The molecule has 0 amide bonds. The van der Waals surface area contributed by atoms with Crippen molar-refractivity contribution < 1.29 is 4.92 Å². The van der Waals surface area contributed by atoms with Crippen LogP contribution in [0.1, 0.15) is 12.6 Å². The van der Waals surface area contributed by atoms with E-state index in [0.29, 0.717) is 5.69 Å². The number of nitrogens with one attached hydrogen (secondary N) is 1. The Hall–Kier alpha value is -2.17. The summed E-state index contributed by atoms with van der Waals surface area (Å²) in [7, 11) is 0. The van der Waals surface area contributed by atoms with Crippen LogP contribution in [0.2, 0.25) is 0 Å². The van der Waals surface area contributed by atoms with E-state index in [9.17, 15) is 10.1 Å². The van der Waals surface area contributed by atoms with E-state index in [1.165, 1.54) is 13.0 Å². The highest BCUT2D eigenvalue weighted by atomic mass is 16.6. The zero-order chi connectivity index (χ0) is 10.8. The van der Waals surface area contributed by atoms with Gasteiger partial charge in [0, 0.05) is 18.4 Å². The third kappa shape index (κ3) is 1.71. The fourth-order valence-electron chi connectivity index (χ4n) is 1.35. The van der Waals surface area contributed by atoms with E-state index >= 15 is 0 Å². The van der Waals surface area contributed by atoms with E-state index in [2.05, 4.69) is 10.2 Å². The summed E-state index contributed by atoms with van der Waals surface area (Å²) < 4.78 is 0. The van der Waals surface area contributed by atoms with Crippen molar-refractivity contribution in [2.24, 2.45) is 0 Å². The summed E-state index contributed by atoms with van der Waals surface area (Å²) >= 11 is 0. The Bertz CT molecular complexity index is 542. The summed E-state index contributed by atoms with van der Waals surface area (Å²) in [4.78, 5) is 10.0. The molecular weight excluding hydrogens is 194 g/mol. The molecule has 1 aromatic heterocycles. The first-order valence-electron chi connectivity index (χ1n) is 4.44. The number of H-pyrrole nitrogens is 1. The second-order valence-electron chi connectivity index (χ2n) is 3.20. The van der Waals surface area contributed by atoms with Gasteiger partial charge in [-0.1, -0.05) is 18.2 Å². The lowest BCUT2D eigenvalue weighted by atomic mass is 10.2. The predicted octanol–water partition coefficient (Wildman–Crippen LogP) is 2.20. The van der Waals surface area contributed by atoms with Crippen LogP contribution in [0, 0.1) is 10.1 Å². The smallest absolute Gasteiger partial charge is 0.245 e. The molecule has 0 aliphatic carbocycles. The number of hydrogen-bond acceptors (Lipinski definition) is 3. The summed E-state index contributed by atoms with van der Waals surface area (Å²) in [5, 5.41) is 18.2. The van der Waals surface area contributed by atoms with Crippen LogP contribution in [0.4, 0.5) is 0 Å². The quantitative estimate of drug-likeness (QED) is 0.600. The molecule has 0 spiro atoms. The maximum Gasteiger partial charge on any atom is 0.245 e. The molecule has 0 atom stereocenters. The van der Waals surface area contributed by atoms with Gasteiger partial charge in [-0.3, -0.25) is 15.2 Å². The van der Waals surface area contributed by atoms with Crippen molar-refractivity contribution in [2.75, 3.05) is 0 Å². The van der Waals surface area contributed by atoms with Gasteiger partial charge in [-0.15, -0.1) is 0 Å². The summed E-state index contributed by atoms with van der Waals surface area (Å²) in [5.74, 6) is 0. The summed E-state index contributed by atoms with van der Waals surface area (Å²) in [6.07, 6.45) is 1.48. The molecule has 5 heteroatoms. The minimum absolute atomic E-state index is 0.0874. The molecule has 15 heavy (non-hydrogen) atoms. The van der Waals surface area contributed by atoms with Gasteiger partial charge in [0.1, 0.15) is 0 Å². The van der Waals surface area contributed by atoms with Crippen molar-refractivity contribution in [3.8, 4) is 0 Å². The molecule has 5 nitrogen and oxygen atoms in total. The third-order valence-electron chi connectivity index (χ3n) is 2.13. The summed E-state index contributed by atoms with van der Waals surface area (Å²) in [6, 6.07) is 7.47. The number of fused-ring (bicyclic) bond motifs is 1. The standard InChI is InChI=1S/C10H9N3O2/c1-7(13(14)15)6-10-8-4-2-3-5-9(8)11-12-10/h2-6H,1H3,(H,11,12)/b7-6+. The lowest BCUT2D eigenvalue weighted by molar-refractivity contribution is -0.422. The third-order valence-corrected chi connectivity index (χ3v) is 2.13. The zero-order valence-corrected chi connectivity index (χ0v) is 8.10. The molecule has 0 saturated carbocycles. The molecule has 0 unspecified atom stereocenters. The first kappa shape index (κ1) is 9.39. The van der Waals surface area contributed by atoms with Crippen LogP contribution >= 0.6 is 0 Å². The second kappa shape index (κ2) is 3.53. The van der Waals surface area contributed by atoms with Crippen molar-refractivity contribution in [3.63, 3.8) is 0 Å². The maximum absolute atomic E-state index is 10.5. The Labute approximate surface area is 85.6 Å². The number of nitro groups is 1. The topological polar surface area (TPSA) is 71.8 Å². The van der Waals surface area contributed by atoms with Crippen LogP contribution in [0.15, 0.2) is 30.0 Å². The van der Waals surface area contributed by atoms with Gasteiger partial charge >= 0.3 is 0 Å². The van der Waals surface area contributed by atoms with Crippen molar-refractivity contribution in [2.45, 2.75) is 6.92 Å². The van der Waals surface area contributed by atoms with Gasteiger partial charge in [0.2, 0.25) is 5.70 Å². The number of aromatic amines is 1. The first-order valence-corrected chi connectivity index (χ1v) is 4.44. The van der Waals surface area contributed by atoms with Gasteiger partial charge < -0.3 is 0 Å². The molecule has 0 aliphatic heterocycles. The molecule has 0 bridgehead atoms. The fraction of sp³-hybridized carbons (Fsp3) is 0.100. The monoisotopic (exact) mass is 203 g/mol. The van der Waals surface area contributed by atoms with Gasteiger partial charge in [0.05, 0.1) is 16.1 Å². The molecule has 2 aromatic rings. The zero-order valence-electron chi connectivity index (χ0n) is 8.10. The second-order valence-corrected chi connectivity index (χ2v) is 3.20. The molecule has 0 aliphatic rings. The lowest BCUT2D eigenvalue weighted by Crippen LogP contribution is -1.93. The Morgan fingerprint density at radius 3 is 3.00 bits per heavy atom. The van der Waals surface area contributed by atoms with Crippen LogP contribution in [0.5, 0.6) is 0 Å². The van der Waals surface area contributed by atoms with Crippen molar-refractivity contribution in [3.05, 3.63) is 45.8 Å². The van der Waals surface area contributed by atoms with E-state index in [1.54, 1.807) is 0 Å². The highest BCUT2D eigenvalue weighted by Crippen LogP contribution is 2.17. The molecule has 1 aromatic carbocycles. The van der Waals surface area contributed by atoms with Gasteiger partial charge in [-0.2, -0.15) is 5.10 Å². The van der Waals surface area contributed by atoms with Gasteiger partial charge in [0.25, 0.3) is 0 Å². The molecule has 0 saturated heterocycles. The normalized spacial score (nSPS) is 11.9. The summed E-state index contributed by atoms with van der Waals surface area (Å²) in [5.41, 5.74) is 1.56. The Morgan fingerprint density at radius 2 is 2.27 bits per heavy atom. The molecule has 1 N–H and O–H groups in total. The number of hydrogen-bond donors (Lipinski definition) is 1. The average molecular weight is 203 g/mol. The van der Waals surface area contributed by atoms with Crippen LogP contribution in [-0.2, 0) is 0 Å². The number of benzene rings is 1. The minimum Gasteiger partial charge on any atom is -0.277 e. The van der Waals surface area contributed by atoms with Crippen LogP contribution in [0.25, 0.3) is 17.0 Å². The van der Waals surface area contributed by atoms with E-state index in [4.69, 9.17) is 0 Å². The van der Waals surface area contributed by atoms with Gasteiger partial charge in [-0.05, 0) is 6.07 Å². The highest BCUT2D eigenvalue weighted by molar-refractivity contribution is 5.86. The SMILES string of the molecule is C/C(=C\c1[nH]nc2ccccc12)[N+](=O)[O-]. The maximum atomic E-state index is 10.5. The number of para-hydroxylation sites is 1. The Morgan fingerprint density at radius 1 is 1.53 bits per heavy atom. The molecule has 0 fully saturated rings. The van der Waals surface area contributed by atoms with Crippen LogP contribution in [0.3, 0.4) is 0 Å². The largest absolute Gasteiger partial charge is 0.277 e. The van der Waals surface area contributed by atoms with Gasteiger partial charge in [0.15, 0.2) is 0 Å². The Balaban J connectivity index is 2.54. The van der Waals surface area contributed by atoms with E-state index in [1.807, 2.05) is 24.3 Å². The number of rotatable bonds is 2. The van der Waals surface area contributed by atoms with Crippen molar-refractivity contribution >= 4 is 17.0 Å².